The van der Waals surface area contributed by atoms with E-state index < -0.39 is 16.1 Å². The fourth-order valence-corrected chi connectivity index (χ4v) is 4.58. The Hall–Kier alpha value is -2.19. The van der Waals surface area contributed by atoms with Crippen LogP contribution in [0.2, 0.25) is 0 Å². The molecule has 0 spiro atoms. The second kappa shape index (κ2) is 8.45. The Labute approximate surface area is 170 Å². The summed E-state index contributed by atoms with van der Waals surface area (Å²) in [5, 5.41) is 2.84. The highest BCUT2D eigenvalue weighted by Crippen LogP contribution is 2.35. The second-order valence-electron chi connectivity index (χ2n) is 6.82. The number of amides is 1. The van der Waals surface area contributed by atoms with Gasteiger partial charge in [-0.2, -0.15) is 0 Å². The van der Waals surface area contributed by atoms with Gasteiger partial charge >= 0.3 is 0 Å². The van der Waals surface area contributed by atoms with Crippen molar-refractivity contribution in [2.45, 2.75) is 24.8 Å². The number of ether oxygens (including phenoxy) is 1. The lowest BCUT2D eigenvalue weighted by Gasteiger charge is -2.34. The van der Waals surface area contributed by atoms with Crippen molar-refractivity contribution < 1.29 is 17.9 Å². The quantitative estimate of drug-likeness (QED) is 0.574. The standard InChI is InChI=1S/C20H24N2O4S2/c1-14-4-7-16(8-5-14)27-11-10-21-20(23)19-13-22(28(3,24)25)17-12-15(2)6-9-18(17)26-19/h4-9,12,19H,10-11,13H2,1-3H3,(H,21,23)/t19-/m1/s1. The number of hydrogen-bond donors (Lipinski definition) is 1. The van der Waals surface area contributed by atoms with Crippen LogP contribution in [0.5, 0.6) is 5.75 Å². The van der Waals surface area contributed by atoms with Crippen molar-refractivity contribution in [3.05, 3.63) is 53.6 Å². The molecule has 1 aliphatic rings. The summed E-state index contributed by atoms with van der Waals surface area (Å²) in [6, 6.07) is 13.5. The van der Waals surface area contributed by atoms with Crippen LogP contribution in [-0.4, -0.2) is 45.5 Å². The van der Waals surface area contributed by atoms with E-state index in [-0.39, 0.29) is 12.5 Å². The normalized spacial score (nSPS) is 16.2. The van der Waals surface area contributed by atoms with Gasteiger partial charge in [0.15, 0.2) is 6.10 Å². The number of thioether (sulfide) groups is 1. The van der Waals surface area contributed by atoms with Crippen LogP contribution in [0.15, 0.2) is 47.4 Å². The second-order valence-corrected chi connectivity index (χ2v) is 9.90. The number of carbonyl (C=O) groups excluding carboxylic acids is 1. The van der Waals surface area contributed by atoms with Crippen LogP contribution >= 0.6 is 11.8 Å². The Morgan fingerprint density at radius 2 is 1.86 bits per heavy atom. The van der Waals surface area contributed by atoms with Crippen molar-refractivity contribution in [1.29, 1.82) is 0 Å². The van der Waals surface area contributed by atoms with Crippen LogP contribution in [0.3, 0.4) is 0 Å². The van der Waals surface area contributed by atoms with E-state index in [2.05, 4.69) is 29.6 Å². The van der Waals surface area contributed by atoms with E-state index in [0.29, 0.717) is 23.7 Å². The third-order valence-electron chi connectivity index (χ3n) is 4.37. The van der Waals surface area contributed by atoms with E-state index in [9.17, 15) is 13.2 Å². The van der Waals surface area contributed by atoms with Gasteiger partial charge in [0.05, 0.1) is 18.5 Å². The number of fused-ring (bicyclic) bond motifs is 1. The van der Waals surface area contributed by atoms with Gasteiger partial charge in [0.2, 0.25) is 10.0 Å². The SMILES string of the molecule is Cc1ccc(SCCNC(=O)[C@H]2CN(S(C)(=O)=O)c3cc(C)ccc3O2)cc1. The molecule has 3 rings (SSSR count). The molecule has 1 amide bonds. The molecule has 0 saturated carbocycles. The fraction of sp³-hybridized carbons (Fsp3) is 0.350. The summed E-state index contributed by atoms with van der Waals surface area (Å²) in [5.74, 6) is 0.799. The largest absolute Gasteiger partial charge is 0.476 e. The molecule has 0 aromatic heterocycles. The smallest absolute Gasteiger partial charge is 0.263 e. The average molecular weight is 421 g/mol. The minimum atomic E-state index is -3.52. The lowest BCUT2D eigenvalue weighted by molar-refractivity contribution is -0.127. The number of nitrogens with zero attached hydrogens (tertiary/aromatic N) is 1. The molecule has 1 N–H and O–H groups in total. The van der Waals surface area contributed by atoms with Crippen molar-refractivity contribution in [3.63, 3.8) is 0 Å². The zero-order valence-corrected chi connectivity index (χ0v) is 17.8. The van der Waals surface area contributed by atoms with Gasteiger partial charge in [-0.25, -0.2) is 8.42 Å². The maximum Gasteiger partial charge on any atom is 0.263 e. The highest BCUT2D eigenvalue weighted by Gasteiger charge is 2.34. The zero-order chi connectivity index (χ0) is 20.3. The molecule has 28 heavy (non-hydrogen) atoms. The van der Waals surface area contributed by atoms with Gasteiger partial charge in [0.25, 0.3) is 5.91 Å². The van der Waals surface area contributed by atoms with Crippen LogP contribution in [0.4, 0.5) is 5.69 Å². The number of sulfonamides is 1. The van der Waals surface area contributed by atoms with Gasteiger partial charge < -0.3 is 10.1 Å². The van der Waals surface area contributed by atoms with E-state index in [1.165, 1.54) is 9.87 Å². The molecule has 6 nitrogen and oxygen atoms in total. The minimum absolute atomic E-state index is 0.0355. The van der Waals surface area contributed by atoms with Crippen molar-refractivity contribution >= 4 is 33.4 Å². The van der Waals surface area contributed by atoms with Crippen molar-refractivity contribution in [1.82, 2.24) is 5.32 Å². The molecule has 0 aliphatic carbocycles. The zero-order valence-electron chi connectivity index (χ0n) is 16.1. The maximum atomic E-state index is 12.5. The molecule has 0 fully saturated rings. The summed E-state index contributed by atoms with van der Waals surface area (Å²) < 4.78 is 31.4. The van der Waals surface area contributed by atoms with Gasteiger partial charge in [-0.15, -0.1) is 11.8 Å². The summed E-state index contributed by atoms with van der Waals surface area (Å²) in [5.41, 5.74) is 2.60. The first-order valence-electron chi connectivity index (χ1n) is 8.96. The van der Waals surface area contributed by atoms with Crippen LogP contribution in [0.1, 0.15) is 11.1 Å². The summed E-state index contributed by atoms with van der Waals surface area (Å²) in [6.45, 7) is 4.35. The Morgan fingerprint density at radius 3 is 2.54 bits per heavy atom. The topological polar surface area (TPSA) is 75.7 Å². The van der Waals surface area contributed by atoms with Gasteiger partial charge in [-0.1, -0.05) is 23.8 Å². The van der Waals surface area contributed by atoms with E-state index in [1.54, 1.807) is 23.9 Å². The summed E-state index contributed by atoms with van der Waals surface area (Å²) in [7, 11) is -3.52. The molecule has 0 radical (unpaired) electrons. The van der Waals surface area contributed by atoms with E-state index in [4.69, 9.17) is 4.74 Å². The molecular weight excluding hydrogens is 396 g/mol. The number of aryl methyl sites for hydroxylation is 2. The van der Waals surface area contributed by atoms with Gasteiger partial charge in [0, 0.05) is 17.2 Å². The number of benzene rings is 2. The van der Waals surface area contributed by atoms with E-state index in [1.807, 2.05) is 19.9 Å². The minimum Gasteiger partial charge on any atom is -0.476 e. The Bertz CT molecular complexity index is 959. The third-order valence-corrected chi connectivity index (χ3v) is 6.53. The third kappa shape index (κ3) is 4.99. The molecule has 1 aliphatic heterocycles. The molecule has 0 unspecified atom stereocenters. The average Bonchev–Trinajstić information content (AvgIpc) is 2.64. The maximum absolute atomic E-state index is 12.5. The number of nitrogens with one attached hydrogen (secondary N) is 1. The number of carbonyl (C=O) groups is 1. The molecule has 8 heteroatoms. The first-order chi connectivity index (χ1) is 13.2. The first-order valence-corrected chi connectivity index (χ1v) is 11.8. The Morgan fingerprint density at radius 1 is 1.18 bits per heavy atom. The molecular formula is C20H24N2O4S2. The summed E-state index contributed by atoms with van der Waals surface area (Å²) in [6.07, 6.45) is 0.256. The van der Waals surface area contributed by atoms with Crippen LogP contribution < -0.4 is 14.4 Å². The van der Waals surface area contributed by atoms with Crippen LogP contribution in [0.25, 0.3) is 0 Å². The van der Waals surface area contributed by atoms with Crippen molar-refractivity contribution in [3.8, 4) is 5.75 Å². The molecule has 0 saturated heterocycles. The van der Waals surface area contributed by atoms with Crippen LogP contribution in [-0.2, 0) is 14.8 Å². The Kier molecular flexibility index (Phi) is 6.20. The molecule has 150 valence electrons. The number of hydrogen-bond acceptors (Lipinski definition) is 5. The van der Waals surface area contributed by atoms with Gasteiger partial charge in [-0.05, 0) is 43.7 Å². The Balaban J connectivity index is 1.61. The lowest BCUT2D eigenvalue weighted by atomic mass is 10.1. The molecule has 0 bridgehead atoms. The first kappa shape index (κ1) is 20.5. The number of anilines is 1. The molecule has 1 heterocycles. The van der Waals surface area contributed by atoms with Crippen LogP contribution in [0, 0.1) is 13.8 Å². The van der Waals surface area contributed by atoms with Crippen molar-refractivity contribution in [2.75, 3.05) is 29.4 Å². The number of rotatable bonds is 6. The van der Waals surface area contributed by atoms with E-state index in [0.717, 1.165) is 16.7 Å². The monoisotopic (exact) mass is 420 g/mol. The summed E-state index contributed by atoms with van der Waals surface area (Å²) in [4.78, 5) is 13.7. The lowest BCUT2D eigenvalue weighted by Crippen LogP contribution is -2.50. The van der Waals surface area contributed by atoms with Gasteiger partial charge in [-0.3, -0.25) is 9.10 Å². The van der Waals surface area contributed by atoms with E-state index >= 15 is 0 Å². The fourth-order valence-electron chi connectivity index (χ4n) is 2.90. The molecule has 2 aromatic carbocycles. The predicted octanol–water partition coefficient (Wildman–Crippen LogP) is 2.74. The summed E-state index contributed by atoms with van der Waals surface area (Å²) >= 11 is 1.65. The predicted molar refractivity (Wildman–Crippen MR) is 113 cm³/mol. The van der Waals surface area contributed by atoms with Gasteiger partial charge in [0.1, 0.15) is 5.75 Å². The molecule has 1 atom stereocenters. The highest BCUT2D eigenvalue weighted by molar-refractivity contribution is 7.99. The highest BCUT2D eigenvalue weighted by atomic mass is 32.2. The van der Waals surface area contributed by atoms with Crippen molar-refractivity contribution in [2.24, 2.45) is 0 Å². The molecule has 2 aromatic rings.